The number of nitrogens with one attached hydrogen (secondary N) is 1. The van der Waals surface area contributed by atoms with Crippen LogP contribution in [0.5, 0.6) is 0 Å². The molecule has 0 saturated heterocycles. The minimum atomic E-state index is -0.514. The number of halogens is 1. The van der Waals surface area contributed by atoms with E-state index in [0.717, 1.165) is 51.9 Å². The van der Waals surface area contributed by atoms with Gasteiger partial charge in [-0.25, -0.2) is 14.2 Å². The van der Waals surface area contributed by atoms with Crippen LogP contribution in [0.25, 0.3) is 27.7 Å². The zero-order valence-electron chi connectivity index (χ0n) is 19.5. The number of H-pyrrole nitrogens is 1. The van der Waals surface area contributed by atoms with E-state index in [2.05, 4.69) is 20.9 Å². The lowest BCUT2D eigenvalue weighted by atomic mass is 9.98. The first-order valence-electron chi connectivity index (χ1n) is 11.4. The summed E-state index contributed by atoms with van der Waals surface area (Å²) in [6, 6.07) is 6.92. The molecule has 2 aliphatic rings. The van der Waals surface area contributed by atoms with Crippen LogP contribution < -0.4 is 4.90 Å². The van der Waals surface area contributed by atoms with E-state index in [-0.39, 0.29) is 11.9 Å². The van der Waals surface area contributed by atoms with Crippen LogP contribution in [0, 0.1) is 5.82 Å². The van der Waals surface area contributed by atoms with Crippen molar-refractivity contribution >= 4 is 28.4 Å². The quantitative estimate of drug-likeness (QED) is 0.516. The van der Waals surface area contributed by atoms with Crippen molar-refractivity contribution in [1.29, 1.82) is 0 Å². The van der Waals surface area contributed by atoms with Gasteiger partial charge in [-0.1, -0.05) is 6.08 Å². The number of benzene rings is 1. The first-order chi connectivity index (χ1) is 15.7. The number of aromatic amines is 1. The molecule has 0 aliphatic carbocycles. The van der Waals surface area contributed by atoms with Crippen LogP contribution in [0.2, 0.25) is 0 Å². The van der Waals surface area contributed by atoms with Crippen molar-refractivity contribution in [2.24, 2.45) is 0 Å². The molecule has 0 bridgehead atoms. The van der Waals surface area contributed by atoms with Gasteiger partial charge in [0.2, 0.25) is 0 Å². The Kier molecular flexibility index (Phi) is 5.15. The maximum atomic E-state index is 14.2. The zero-order valence-corrected chi connectivity index (χ0v) is 19.5. The highest BCUT2D eigenvalue weighted by molar-refractivity contribution is 6.02. The summed E-state index contributed by atoms with van der Waals surface area (Å²) < 4.78 is 19.7. The molecule has 0 radical (unpaired) electrons. The van der Waals surface area contributed by atoms with Crippen molar-refractivity contribution < 1.29 is 13.9 Å². The van der Waals surface area contributed by atoms with Gasteiger partial charge in [0.25, 0.3) is 0 Å². The van der Waals surface area contributed by atoms with Crippen molar-refractivity contribution in [2.45, 2.75) is 45.8 Å². The van der Waals surface area contributed by atoms with Crippen LogP contribution in [0.15, 0.2) is 36.5 Å². The van der Waals surface area contributed by atoms with Gasteiger partial charge >= 0.3 is 6.09 Å². The highest BCUT2D eigenvalue weighted by atomic mass is 19.1. The number of hydrogen-bond donors (Lipinski definition) is 1. The number of pyridine rings is 1. The Morgan fingerprint density at radius 2 is 2.00 bits per heavy atom. The van der Waals surface area contributed by atoms with Gasteiger partial charge in [0.1, 0.15) is 17.1 Å². The second-order valence-electron chi connectivity index (χ2n) is 9.81. The molecule has 0 spiro atoms. The number of ether oxygens (including phenoxy) is 1. The van der Waals surface area contributed by atoms with Crippen LogP contribution in [0.3, 0.4) is 0 Å². The fourth-order valence-corrected chi connectivity index (χ4v) is 4.82. The van der Waals surface area contributed by atoms with Crippen molar-refractivity contribution in [3.8, 4) is 11.1 Å². The molecule has 3 aromatic rings. The Labute approximate surface area is 193 Å². The number of fused-ring (bicyclic) bond motifs is 2. The largest absolute Gasteiger partial charge is 0.444 e. The molecule has 33 heavy (non-hydrogen) atoms. The molecule has 5 rings (SSSR count). The van der Waals surface area contributed by atoms with E-state index in [4.69, 9.17) is 4.74 Å². The summed E-state index contributed by atoms with van der Waals surface area (Å²) >= 11 is 0. The number of hydrogen-bond acceptors (Lipinski definition) is 4. The van der Waals surface area contributed by atoms with Crippen molar-refractivity contribution in [1.82, 2.24) is 14.9 Å². The van der Waals surface area contributed by atoms with Gasteiger partial charge in [0.15, 0.2) is 0 Å². The number of amides is 1. The van der Waals surface area contributed by atoms with Gasteiger partial charge in [-0.15, -0.1) is 0 Å². The molecule has 1 amide bonds. The molecular formula is C26H29FN4O2. The van der Waals surface area contributed by atoms with Crippen LogP contribution in [0.1, 0.15) is 44.9 Å². The Bertz CT molecular complexity index is 1270. The molecule has 6 nitrogen and oxygen atoms in total. The molecule has 0 fully saturated rings. The average Bonchev–Trinajstić information content (AvgIpc) is 2.89. The van der Waals surface area contributed by atoms with E-state index in [1.54, 1.807) is 17.2 Å². The maximum Gasteiger partial charge on any atom is 0.410 e. The van der Waals surface area contributed by atoms with E-state index in [1.807, 2.05) is 40.0 Å². The molecule has 0 unspecified atom stereocenters. The normalized spacial score (nSPS) is 16.2. The minimum absolute atomic E-state index is 0.250. The predicted octanol–water partition coefficient (Wildman–Crippen LogP) is 5.73. The number of nitrogens with zero attached hydrogens (tertiary/aromatic N) is 3. The van der Waals surface area contributed by atoms with E-state index in [1.165, 1.54) is 11.6 Å². The monoisotopic (exact) mass is 448 g/mol. The van der Waals surface area contributed by atoms with E-state index < -0.39 is 5.60 Å². The Morgan fingerprint density at radius 3 is 2.79 bits per heavy atom. The molecular weight excluding hydrogens is 419 g/mol. The molecule has 4 heterocycles. The van der Waals surface area contributed by atoms with Gasteiger partial charge in [-0.3, -0.25) is 0 Å². The van der Waals surface area contributed by atoms with Gasteiger partial charge in [-0.05, 0) is 69.0 Å². The fourth-order valence-electron chi connectivity index (χ4n) is 4.82. The predicted molar refractivity (Wildman–Crippen MR) is 129 cm³/mol. The molecule has 2 aromatic heterocycles. The summed E-state index contributed by atoms with van der Waals surface area (Å²) in [5.74, 6) is -0.250. The molecule has 1 N–H and O–H groups in total. The fraction of sp³-hybridized carbons (Fsp3) is 0.385. The SMILES string of the molecule is CN1Cc2c(C3=CCCN(C(=O)OC(C)(C)C)CC3)[nH]c3nccc(c23)-c2cc(F)ccc21. The molecule has 0 saturated carbocycles. The lowest BCUT2D eigenvalue weighted by Crippen LogP contribution is -2.37. The summed E-state index contributed by atoms with van der Waals surface area (Å²) in [5, 5.41) is 1.04. The van der Waals surface area contributed by atoms with Gasteiger partial charge in [0, 0.05) is 60.8 Å². The molecule has 1 aromatic carbocycles. The van der Waals surface area contributed by atoms with E-state index in [0.29, 0.717) is 19.6 Å². The summed E-state index contributed by atoms with van der Waals surface area (Å²) in [6.07, 6.45) is 5.19. The second-order valence-corrected chi connectivity index (χ2v) is 9.81. The first kappa shape index (κ1) is 21.5. The molecule has 2 aliphatic heterocycles. The third kappa shape index (κ3) is 3.96. The number of anilines is 1. The van der Waals surface area contributed by atoms with Crippen molar-refractivity contribution in [3.63, 3.8) is 0 Å². The van der Waals surface area contributed by atoms with Crippen molar-refractivity contribution in [3.05, 3.63) is 53.6 Å². The third-order valence-electron chi connectivity index (χ3n) is 6.27. The third-order valence-corrected chi connectivity index (χ3v) is 6.27. The van der Waals surface area contributed by atoms with Crippen LogP contribution in [0.4, 0.5) is 14.9 Å². The first-order valence-corrected chi connectivity index (χ1v) is 11.4. The minimum Gasteiger partial charge on any atom is -0.444 e. The van der Waals surface area contributed by atoms with E-state index in [9.17, 15) is 9.18 Å². The topological polar surface area (TPSA) is 61.5 Å². The van der Waals surface area contributed by atoms with Crippen LogP contribution in [-0.2, 0) is 11.3 Å². The number of rotatable bonds is 1. The van der Waals surface area contributed by atoms with Crippen LogP contribution in [-0.4, -0.2) is 46.7 Å². The Balaban J connectivity index is 1.52. The molecule has 0 atom stereocenters. The van der Waals surface area contributed by atoms with E-state index >= 15 is 0 Å². The van der Waals surface area contributed by atoms with Gasteiger partial charge < -0.3 is 19.5 Å². The smallest absolute Gasteiger partial charge is 0.410 e. The van der Waals surface area contributed by atoms with Crippen molar-refractivity contribution in [2.75, 3.05) is 25.0 Å². The average molecular weight is 449 g/mol. The standard InChI is InChI=1S/C26H29FN4O2/c1-26(2,3)33-25(32)31-12-5-6-16(10-13-31)23-20-15-30(4)21-8-7-17(27)14-19(21)18-9-11-28-24(29-23)22(18)20/h6-9,11,14H,5,10,12-13,15H2,1-4H3,(H,28,29). The number of aromatic nitrogens is 2. The number of carbonyl (C=O) groups excluding carboxylic acids is 1. The Morgan fingerprint density at radius 1 is 1.18 bits per heavy atom. The molecule has 172 valence electrons. The maximum absolute atomic E-state index is 14.2. The summed E-state index contributed by atoms with van der Waals surface area (Å²) in [5.41, 5.74) is 6.53. The molecule has 7 heteroatoms. The van der Waals surface area contributed by atoms with Crippen LogP contribution >= 0.6 is 0 Å². The lowest BCUT2D eigenvalue weighted by molar-refractivity contribution is 0.0260. The summed E-state index contributed by atoms with van der Waals surface area (Å²) in [6.45, 7) is 7.56. The van der Waals surface area contributed by atoms with Gasteiger partial charge in [-0.2, -0.15) is 0 Å². The highest BCUT2D eigenvalue weighted by Crippen LogP contribution is 2.43. The number of carbonyl (C=O) groups is 1. The summed E-state index contributed by atoms with van der Waals surface area (Å²) in [4.78, 5) is 24.7. The highest BCUT2D eigenvalue weighted by Gasteiger charge is 2.28. The van der Waals surface area contributed by atoms with Gasteiger partial charge in [0.05, 0.1) is 0 Å². The summed E-state index contributed by atoms with van der Waals surface area (Å²) in [7, 11) is 2.03. The second kappa shape index (κ2) is 7.90. The lowest BCUT2D eigenvalue weighted by Gasteiger charge is -2.26. The zero-order chi connectivity index (χ0) is 23.3. The Hall–Kier alpha value is -3.35.